The molecule has 0 radical (unpaired) electrons. The van der Waals surface area contributed by atoms with E-state index in [0.29, 0.717) is 37.1 Å². The summed E-state index contributed by atoms with van der Waals surface area (Å²) >= 11 is 0. The van der Waals surface area contributed by atoms with Crippen LogP contribution in [0.1, 0.15) is 131 Å². The molecule has 1 aromatic carbocycles. The molecule has 1 aromatic heterocycles. The third-order valence-corrected chi connectivity index (χ3v) is 11.8. The first kappa shape index (κ1) is 64.0. The van der Waals surface area contributed by atoms with Crippen LogP contribution in [0.5, 0.6) is 0 Å². The minimum atomic E-state index is -1.35. The van der Waals surface area contributed by atoms with E-state index in [2.05, 4.69) is 57.5 Å². The number of nitrogens with zero attached hydrogens (tertiary/aromatic N) is 2. The summed E-state index contributed by atoms with van der Waals surface area (Å²) in [5, 5.41) is 29.8. The number of carbonyl (C=O) groups is 8. The second-order valence-corrected chi connectivity index (χ2v) is 20.5. The molecular formula is C51H86N16O8. The van der Waals surface area contributed by atoms with Crippen LogP contribution in [0, 0.1) is 29.1 Å². The predicted octanol–water partition coefficient (Wildman–Crippen LogP) is -0.0569. The number of imidazole rings is 1. The largest absolute Gasteiger partial charge is 0.384 e. The number of amidine groups is 1. The minimum absolute atomic E-state index is 0.0159. The average Bonchev–Trinajstić information content (AvgIpc) is 3.84. The van der Waals surface area contributed by atoms with Gasteiger partial charge in [0.1, 0.15) is 48.1 Å². The number of unbranched alkanes of at least 4 members (excludes halogenated alkanes) is 1. The summed E-state index contributed by atoms with van der Waals surface area (Å²) in [6.07, 6.45) is 4.96. The van der Waals surface area contributed by atoms with E-state index < -0.39 is 95.5 Å². The Labute approximate surface area is 441 Å². The minimum Gasteiger partial charge on any atom is -0.384 e. The fourth-order valence-electron chi connectivity index (χ4n) is 7.97. The number of hydrogen-bond donors (Lipinski definition) is 14. The van der Waals surface area contributed by atoms with Crippen molar-refractivity contribution in [2.75, 3.05) is 13.1 Å². The van der Waals surface area contributed by atoms with E-state index in [1.54, 1.807) is 38.1 Å². The zero-order chi connectivity index (χ0) is 56.4. The van der Waals surface area contributed by atoms with E-state index in [-0.39, 0.29) is 81.2 Å². The van der Waals surface area contributed by atoms with Crippen molar-refractivity contribution < 1.29 is 38.4 Å². The Morgan fingerprint density at radius 1 is 0.600 bits per heavy atom. The molecule has 0 saturated carbocycles. The summed E-state index contributed by atoms with van der Waals surface area (Å²) in [4.78, 5) is 121. The topological polar surface area (TPSA) is 402 Å². The van der Waals surface area contributed by atoms with Crippen LogP contribution >= 0.6 is 0 Å². The summed E-state index contributed by atoms with van der Waals surface area (Å²) in [6.45, 7) is 16.6. The number of nitrogen functional groups attached to an aromatic ring is 1. The van der Waals surface area contributed by atoms with E-state index in [4.69, 9.17) is 28.3 Å². The number of guanidine groups is 1. The Balaban J connectivity index is 2.44. The lowest BCUT2D eigenvalue weighted by Gasteiger charge is -2.29. The Hall–Kier alpha value is -7.11. The van der Waals surface area contributed by atoms with Crippen molar-refractivity contribution >= 4 is 59.1 Å². The third kappa shape index (κ3) is 24.7. The maximum absolute atomic E-state index is 14.5. The van der Waals surface area contributed by atoms with Crippen molar-refractivity contribution in [1.29, 1.82) is 5.41 Å². The fraction of sp³-hybridized carbons (Fsp3) is 0.627. The van der Waals surface area contributed by atoms with Gasteiger partial charge in [0.05, 0.1) is 6.33 Å². The Morgan fingerprint density at radius 2 is 1.07 bits per heavy atom. The molecule has 0 aliphatic carbocycles. The van der Waals surface area contributed by atoms with Gasteiger partial charge in [-0.1, -0.05) is 79.7 Å². The highest BCUT2D eigenvalue weighted by atomic mass is 16.2. The van der Waals surface area contributed by atoms with Crippen LogP contribution in [-0.2, 0) is 51.3 Å². The lowest BCUT2D eigenvalue weighted by Crippen LogP contribution is -2.61. The molecule has 2 rings (SSSR count). The number of nitrogens with one attached hydrogen (secondary N) is 10. The molecule has 1 heterocycles. The fourth-order valence-corrected chi connectivity index (χ4v) is 7.97. The zero-order valence-electron chi connectivity index (χ0n) is 45.3. The molecule has 0 aliphatic rings. The van der Waals surface area contributed by atoms with Gasteiger partial charge in [-0.15, -0.1) is 0 Å². The standard InChI is InChI=1S/C51H86N16O8/c1-28(2)21-38(61-32(9)68)46(71)64-39(22-29(3)4)47(72)65-40(23-30(5)6)48(73)66-41(24-35-26-57-27-60-35)49(74)62-37(14-12-20-58-51(55)56)45(70)67-42(31(7)8)50(75)63-36(13-10-11-19-52)44(69)59-25-33-15-17-34(18-16-33)43(53)54/h15-18,26-31,36-42H,10-14,19-25,52H2,1-9H3,(H3,53,54)(H,57,60)(H,59,69)(H,61,68)(H,62,74)(H,63,75)(H,64,71)(H,65,72)(H,66,73)(H,67,70)(H4,55,56,58)/t36-,37-,38-,39-,40-,41-,42-/m0/s1. The monoisotopic (exact) mass is 1050 g/mol. The first-order chi connectivity index (χ1) is 35.3. The molecule has 7 atom stereocenters. The highest BCUT2D eigenvalue weighted by molar-refractivity contribution is 5.98. The average molecular weight is 1050 g/mol. The van der Waals surface area contributed by atoms with Gasteiger partial charge in [0.2, 0.25) is 47.3 Å². The number of carbonyl (C=O) groups excluding carboxylic acids is 8. The molecule has 18 N–H and O–H groups in total. The van der Waals surface area contributed by atoms with Crippen molar-refractivity contribution in [1.82, 2.24) is 52.5 Å². The van der Waals surface area contributed by atoms with Gasteiger partial charge in [-0.05, 0) is 87.1 Å². The number of rotatable bonds is 34. The van der Waals surface area contributed by atoms with Crippen molar-refractivity contribution in [2.24, 2.45) is 51.6 Å². The van der Waals surface area contributed by atoms with Gasteiger partial charge in [-0.3, -0.25) is 48.8 Å². The SMILES string of the molecule is CC(=O)N[C@@H](CC(C)C)C(=O)N[C@@H](CC(C)C)C(=O)N[C@@H](CC(C)C)C(=O)N[C@@H](Cc1cnc[nH]1)C(=O)N[C@@H](CCCN=C(N)N)C(=O)N[C@H](C(=O)N[C@@H](CCCCN)C(=O)NCc1ccc(C(=N)N)cc1)C(C)C. The second kappa shape index (κ2) is 32.9. The lowest BCUT2D eigenvalue weighted by molar-refractivity contribution is -0.136. The van der Waals surface area contributed by atoms with Crippen LogP contribution in [0.4, 0.5) is 0 Å². The van der Waals surface area contributed by atoms with Crippen LogP contribution in [-0.4, -0.2) is 124 Å². The summed E-state index contributed by atoms with van der Waals surface area (Å²) < 4.78 is 0. The molecule has 2 aromatic rings. The van der Waals surface area contributed by atoms with E-state index in [1.807, 2.05) is 41.5 Å². The third-order valence-electron chi connectivity index (χ3n) is 11.8. The van der Waals surface area contributed by atoms with Gasteiger partial charge in [-0.2, -0.15) is 0 Å². The van der Waals surface area contributed by atoms with Crippen LogP contribution in [0.3, 0.4) is 0 Å². The molecule has 24 nitrogen and oxygen atoms in total. The van der Waals surface area contributed by atoms with Crippen LogP contribution < -0.4 is 65.5 Å². The van der Waals surface area contributed by atoms with Crippen LogP contribution in [0.15, 0.2) is 41.8 Å². The van der Waals surface area contributed by atoms with E-state index in [9.17, 15) is 38.4 Å². The van der Waals surface area contributed by atoms with E-state index in [0.717, 1.165) is 5.56 Å². The maximum atomic E-state index is 14.5. The van der Waals surface area contributed by atoms with Crippen LogP contribution in [0.2, 0.25) is 0 Å². The number of aromatic nitrogens is 2. The van der Waals surface area contributed by atoms with Crippen LogP contribution in [0.25, 0.3) is 0 Å². The predicted molar refractivity (Wildman–Crippen MR) is 287 cm³/mol. The van der Waals surface area contributed by atoms with Gasteiger partial charge in [0.25, 0.3) is 0 Å². The van der Waals surface area contributed by atoms with E-state index >= 15 is 0 Å². The quantitative estimate of drug-likeness (QED) is 0.0249. The molecule has 75 heavy (non-hydrogen) atoms. The van der Waals surface area contributed by atoms with Crippen molar-refractivity contribution in [3.8, 4) is 0 Å². The highest BCUT2D eigenvalue weighted by Crippen LogP contribution is 2.14. The normalized spacial score (nSPS) is 14.1. The number of amides is 8. The van der Waals surface area contributed by atoms with Gasteiger partial charge < -0.3 is 70.5 Å². The Morgan fingerprint density at radius 3 is 1.53 bits per heavy atom. The lowest BCUT2D eigenvalue weighted by atomic mass is 9.98. The van der Waals surface area contributed by atoms with Gasteiger partial charge in [0.15, 0.2) is 5.96 Å². The Kier molecular flexibility index (Phi) is 28.1. The Bertz CT molecular complexity index is 2200. The molecule has 0 bridgehead atoms. The molecule has 0 fully saturated rings. The molecular weight excluding hydrogens is 965 g/mol. The number of benzene rings is 1. The van der Waals surface area contributed by atoms with Gasteiger partial charge in [-0.25, -0.2) is 4.98 Å². The number of aliphatic imine (C=N–C) groups is 1. The molecule has 24 heteroatoms. The van der Waals surface area contributed by atoms with Crippen molar-refractivity contribution in [3.63, 3.8) is 0 Å². The van der Waals surface area contributed by atoms with Gasteiger partial charge >= 0.3 is 0 Å². The first-order valence-electron chi connectivity index (χ1n) is 25.8. The number of H-pyrrole nitrogens is 1. The number of nitrogens with two attached hydrogens (primary N) is 4. The number of hydrogen-bond acceptors (Lipinski definition) is 12. The zero-order valence-corrected chi connectivity index (χ0v) is 45.3. The van der Waals surface area contributed by atoms with Crippen molar-refractivity contribution in [3.05, 3.63) is 53.6 Å². The summed E-state index contributed by atoms with van der Waals surface area (Å²) in [5.41, 5.74) is 24.2. The summed E-state index contributed by atoms with van der Waals surface area (Å²) in [7, 11) is 0. The first-order valence-corrected chi connectivity index (χ1v) is 25.8. The summed E-state index contributed by atoms with van der Waals surface area (Å²) in [6, 6.07) is -1.22. The van der Waals surface area contributed by atoms with Crippen molar-refractivity contribution in [2.45, 2.75) is 169 Å². The maximum Gasteiger partial charge on any atom is 0.243 e. The number of aromatic amines is 1. The smallest absolute Gasteiger partial charge is 0.243 e. The summed E-state index contributed by atoms with van der Waals surface area (Å²) in [5.74, 6) is -5.90. The molecule has 0 unspecified atom stereocenters. The molecule has 0 saturated heterocycles. The molecule has 418 valence electrons. The second-order valence-electron chi connectivity index (χ2n) is 20.5. The van der Waals surface area contributed by atoms with E-state index in [1.165, 1.54) is 19.4 Å². The molecule has 0 aliphatic heterocycles. The molecule has 8 amide bonds. The van der Waals surface area contributed by atoms with Gasteiger partial charge in [0, 0.05) is 43.9 Å². The molecule has 0 spiro atoms. The highest BCUT2D eigenvalue weighted by Gasteiger charge is 2.35.